The Hall–Kier alpha value is -1.43. The lowest BCUT2D eigenvalue weighted by Crippen LogP contribution is -2.51. The molecule has 1 aromatic rings. The van der Waals surface area contributed by atoms with Gasteiger partial charge in [0.1, 0.15) is 6.54 Å². The van der Waals surface area contributed by atoms with E-state index in [0.717, 1.165) is 25.7 Å². The second kappa shape index (κ2) is 4.10. The van der Waals surface area contributed by atoms with Gasteiger partial charge < -0.3 is 10.6 Å². The smallest absolute Gasteiger partial charge is 0.244 e. The van der Waals surface area contributed by atoms with Gasteiger partial charge in [0, 0.05) is 24.3 Å². The molecule has 2 atom stereocenters. The molecular weight excluding hydrogens is 218 g/mol. The Kier molecular flexibility index (Phi) is 2.58. The van der Waals surface area contributed by atoms with Crippen LogP contribution in [-0.4, -0.2) is 43.9 Å². The number of piperidine rings is 1. The van der Waals surface area contributed by atoms with E-state index in [1.54, 1.807) is 17.1 Å². The lowest BCUT2D eigenvalue weighted by molar-refractivity contribution is -0.136. The van der Waals surface area contributed by atoms with Crippen molar-refractivity contribution in [1.82, 2.24) is 19.9 Å². The molecule has 0 saturated carbocycles. The van der Waals surface area contributed by atoms with Crippen molar-refractivity contribution in [2.75, 3.05) is 0 Å². The largest absolute Gasteiger partial charge is 0.335 e. The number of aromatic nitrogens is 3. The van der Waals surface area contributed by atoms with Gasteiger partial charge in [-0.25, -0.2) is 4.68 Å². The van der Waals surface area contributed by atoms with E-state index in [1.165, 1.54) is 0 Å². The van der Waals surface area contributed by atoms with Gasteiger partial charge in [-0.05, 0) is 25.7 Å². The lowest BCUT2D eigenvalue weighted by Gasteiger charge is -2.37. The Morgan fingerprint density at radius 2 is 2.06 bits per heavy atom. The summed E-state index contributed by atoms with van der Waals surface area (Å²) < 4.78 is 1.58. The average molecular weight is 235 g/mol. The molecule has 0 aromatic carbocycles. The highest BCUT2D eigenvalue weighted by atomic mass is 16.2. The van der Waals surface area contributed by atoms with Gasteiger partial charge in [-0.3, -0.25) is 4.79 Å². The van der Waals surface area contributed by atoms with Gasteiger partial charge in [-0.2, -0.15) is 0 Å². The van der Waals surface area contributed by atoms with Gasteiger partial charge in [0.15, 0.2) is 0 Å². The van der Waals surface area contributed by atoms with E-state index in [0.29, 0.717) is 18.6 Å². The number of nitrogens with two attached hydrogens (primary N) is 1. The summed E-state index contributed by atoms with van der Waals surface area (Å²) >= 11 is 0. The van der Waals surface area contributed by atoms with Gasteiger partial charge >= 0.3 is 0 Å². The minimum absolute atomic E-state index is 0.148. The maximum absolute atomic E-state index is 12.2. The van der Waals surface area contributed by atoms with Crippen molar-refractivity contribution in [3.63, 3.8) is 0 Å². The second-order valence-electron chi connectivity index (χ2n) is 5.02. The van der Waals surface area contributed by atoms with E-state index in [2.05, 4.69) is 10.3 Å². The van der Waals surface area contributed by atoms with E-state index in [4.69, 9.17) is 5.73 Å². The van der Waals surface area contributed by atoms with Crippen molar-refractivity contribution in [1.29, 1.82) is 0 Å². The predicted octanol–water partition coefficient (Wildman–Crippen LogP) is -0.241. The molecule has 0 aliphatic carbocycles. The van der Waals surface area contributed by atoms with Crippen LogP contribution in [0.1, 0.15) is 25.7 Å². The van der Waals surface area contributed by atoms with Gasteiger partial charge in [0.2, 0.25) is 5.91 Å². The zero-order valence-corrected chi connectivity index (χ0v) is 9.70. The third kappa shape index (κ3) is 1.93. The Balaban J connectivity index is 1.70. The van der Waals surface area contributed by atoms with E-state index >= 15 is 0 Å². The first kappa shape index (κ1) is 10.7. The topological polar surface area (TPSA) is 77.0 Å². The maximum Gasteiger partial charge on any atom is 0.244 e. The zero-order valence-electron chi connectivity index (χ0n) is 9.70. The van der Waals surface area contributed by atoms with Crippen LogP contribution in [-0.2, 0) is 11.3 Å². The Morgan fingerprint density at radius 3 is 2.65 bits per heavy atom. The summed E-state index contributed by atoms with van der Waals surface area (Å²) in [5.41, 5.74) is 5.99. The van der Waals surface area contributed by atoms with Crippen LogP contribution in [0.3, 0.4) is 0 Å². The second-order valence-corrected chi connectivity index (χ2v) is 5.02. The Labute approximate surface area is 99.8 Å². The normalized spacial score (nSPS) is 31.8. The molecule has 2 aliphatic rings. The minimum atomic E-state index is 0.148. The van der Waals surface area contributed by atoms with Crippen LogP contribution in [0.4, 0.5) is 0 Å². The van der Waals surface area contributed by atoms with Crippen molar-refractivity contribution in [3.8, 4) is 0 Å². The molecule has 2 aliphatic heterocycles. The standard InChI is InChI=1S/C11H17N5O/c12-8-5-9-1-2-10(6-8)16(9)11(17)7-15-4-3-13-14-15/h3-4,8-10H,1-2,5-7,12H2. The van der Waals surface area contributed by atoms with Crippen molar-refractivity contribution in [2.45, 2.75) is 50.4 Å². The monoisotopic (exact) mass is 235 g/mol. The third-order valence-corrected chi connectivity index (χ3v) is 3.83. The summed E-state index contributed by atoms with van der Waals surface area (Å²) in [5.74, 6) is 0.148. The highest BCUT2D eigenvalue weighted by Crippen LogP contribution is 2.35. The molecule has 0 radical (unpaired) electrons. The van der Waals surface area contributed by atoms with E-state index in [1.807, 2.05) is 4.90 Å². The van der Waals surface area contributed by atoms with Crippen molar-refractivity contribution in [3.05, 3.63) is 12.4 Å². The fourth-order valence-corrected chi connectivity index (χ4v) is 3.16. The highest BCUT2D eigenvalue weighted by molar-refractivity contribution is 5.77. The van der Waals surface area contributed by atoms with Crippen LogP contribution in [0, 0.1) is 0 Å². The van der Waals surface area contributed by atoms with E-state index in [-0.39, 0.29) is 11.9 Å². The number of amides is 1. The minimum Gasteiger partial charge on any atom is -0.335 e. The lowest BCUT2D eigenvalue weighted by atomic mass is 9.98. The summed E-state index contributed by atoms with van der Waals surface area (Å²) in [7, 11) is 0. The Morgan fingerprint density at radius 1 is 1.35 bits per heavy atom. The summed E-state index contributed by atoms with van der Waals surface area (Å²) in [6, 6.07) is 0.961. The van der Waals surface area contributed by atoms with E-state index < -0.39 is 0 Å². The first-order valence-electron chi connectivity index (χ1n) is 6.15. The summed E-state index contributed by atoms with van der Waals surface area (Å²) in [6.07, 6.45) is 7.39. The predicted molar refractivity (Wildman–Crippen MR) is 60.9 cm³/mol. The molecule has 2 saturated heterocycles. The fourth-order valence-electron chi connectivity index (χ4n) is 3.16. The first-order valence-corrected chi connectivity index (χ1v) is 6.15. The van der Waals surface area contributed by atoms with E-state index in [9.17, 15) is 4.79 Å². The maximum atomic E-state index is 12.2. The molecule has 6 heteroatoms. The molecule has 2 fully saturated rings. The molecule has 2 unspecified atom stereocenters. The molecule has 0 spiro atoms. The first-order chi connectivity index (χ1) is 8.24. The van der Waals surface area contributed by atoms with Crippen LogP contribution in [0.2, 0.25) is 0 Å². The molecule has 3 rings (SSSR count). The summed E-state index contributed by atoms with van der Waals surface area (Å²) in [6.45, 7) is 0.294. The average Bonchev–Trinajstić information content (AvgIpc) is 2.86. The molecule has 2 N–H and O–H groups in total. The van der Waals surface area contributed by atoms with Crippen LogP contribution < -0.4 is 5.73 Å². The number of rotatable bonds is 2. The van der Waals surface area contributed by atoms with Gasteiger partial charge in [0.05, 0.1) is 6.20 Å². The molecule has 1 aromatic heterocycles. The van der Waals surface area contributed by atoms with Gasteiger partial charge in [-0.1, -0.05) is 5.21 Å². The van der Waals surface area contributed by atoms with Crippen molar-refractivity contribution in [2.24, 2.45) is 5.73 Å². The summed E-state index contributed by atoms with van der Waals surface area (Å²) in [5, 5.41) is 7.54. The third-order valence-electron chi connectivity index (χ3n) is 3.83. The quantitative estimate of drug-likeness (QED) is 0.767. The number of carbonyl (C=O) groups excluding carboxylic acids is 1. The van der Waals surface area contributed by atoms with Crippen LogP contribution in [0.5, 0.6) is 0 Å². The van der Waals surface area contributed by atoms with Gasteiger partial charge in [-0.15, -0.1) is 5.10 Å². The number of hydrogen-bond donors (Lipinski definition) is 1. The molecule has 6 nitrogen and oxygen atoms in total. The molecule has 2 bridgehead atoms. The highest BCUT2D eigenvalue weighted by Gasteiger charge is 2.41. The van der Waals surface area contributed by atoms with Crippen LogP contribution in [0.25, 0.3) is 0 Å². The molecular formula is C11H17N5O. The van der Waals surface area contributed by atoms with Gasteiger partial charge in [0.25, 0.3) is 0 Å². The number of hydrogen-bond acceptors (Lipinski definition) is 4. The SMILES string of the molecule is NC1CC2CCC(C1)N2C(=O)Cn1ccnn1. The molecule has 92 valence electrons. The van der Waals surface area contributed by atoms with Crippen molar-refractivity contribution >= 4 is 5.91 Å². The summed E-state index contributed by atoms with van der Waals surface area (Å²) in [4.78, 5) is 14.3. The van der Waals surface area contributed by atoms with Crippen LogP contribution in [0.15, 0.2) is 12.4 Å². The van der Waals surface area contributed by atoms with Crippen LogP contribution >= 0.6 is 0 Å². The number of carbonyl (C=O) groups is 1. The molecule has 17 heavy (non-hydrogen) atoms. The number of fused-ring (bicyclic) bond motifs is 2. The zero-order chi connectivity index (χ0) is 11.8. The Bertz CT molecular complexity index is 390. The van der Waals surface area contributed by atoms with Crippen molar-refractivity contribution < 1.29 is 4.79 Å². The molecule has 1 amide bonds. The number of nitrogens with zero attached hydrogens (tertiary/aromatic N) is 4. The molecule has 3 heterocycles. The fraction of sp³-hybridized carbons (Fsp3) is 0.727.